The fourth-order valence-electron chi connectivity index (χ4n) is 2.69. The number of aliphatic carboxylic acids is 1. The van der Waals surface area contributed by atoms with Gasteiger partial charge in [-0.3, -0.25) is 14.6 Å². The minimum Gasteiger partial charge on any atom is -0.481 e. The number of carboxylic acids is 1. The number of ketones is 1. The number of hydrogen-bond donors (Lipinski definition) is 1. The molecule has 2 unspecified atom stereocenters. The normalized spacial score (nSPS) is 13.6. The van der Waals surface area contributed by atoms with Crippen molar-refractivity contribution < 1.29 is 19.1 Å². The quantitative estimate of drug-likeness (QED) is 0.654. The molecule has 4 nitrogen and oxygen atoms in total. The first-order chi connectivity index (χ1) is 10.9. The van der Waals surface area contributed by atoms with Gasteiger partial charge in [-0.1, -0.05) is 19.9 Å². The highest BCUT2D eigenvalue weighted by molar-refractivity contribution is 6.08. The number of carbonyl (C=O) groups is 2. The van der Waals surface area contributed by atoms with E-state index in [-0.39, 0.29) is 11.5 Å². The van der Waals surface area contributed by atoms with E-state index in [1.165, 1.54) is 12.1 Å². The summed E-state index contributed by atoms with van der Waals surface area (Å²) < 4.78 is 13.0. The van der Waals surface area contributed by atoms with Crippen LogP contribution in [0.3, 0.4) is 0 Å². The van der Waals surface area contributed by atoms with Gasteiger partial charge in [0.2, 0.25) is 0 Å². The monoisotopic (exact) mass is 315 g/mol. The third-order valence-electron chi connectivity index (χ3n) is 3.78. The Kier molecular flexibility index (Phi) is 5.21. The fourth-order valence-corrected chi connectivity index (χ4v) is 2.69. The number of Topliss-reactive ketones (excluding diaryl/α,β-unsaturated/α-hetero) is 1. The summed E-state index contributed by atoms with van der Waals surface area (Å²) in [5.74, 6) is -4.15. The van der Waals surface area contributed by atoms with Crippen molar-refractivity contribution in [1.82, 2.24) is 4.98 Å². The summed E-state index contributed by atoms with van der Waals surface area (Å²) in [6.07, 6.45) is 1.58. The molecule has 1 aromatic heterocycles. The molecule has 1 heterocycles. The molecule has 0 saturated carbocycles. The Hall–Kier alpha value is -2.56. The number of benzene rings is 1. The summed E-state index contributed by atoms with van der Waals surface area (Å²) in [6.45, 7) is 3.71. The fraction of sp³-hybridized carbons (Fsp3) is 0.278. The highest BCUT2D eigenvalue weighted by Crippen LogP contribution is 2.33. The topological polar surface area (TPSA) is 67.3 Å². The second-order valence-electron chi connectivity index (χ2n) is 5.71. The molecule has 0 aliphatic rings. The van der Waals surface area contributed by atoms with Crippen LogP contribution in [0, 0.1) is 17.7 Å². The van der Waals surface area contributed by atoms with Gasteiger partial charge in [0.25, 0.3) is 0 Å². The van der Waals surface area contributed by atoms with E-state index in [2.05, 4.69) is 4.98 Å². The van der Waals surface area contributed by atoms with Crippen molar-refractivity contribution >= 4 is 11.8 Å². The molecule has 0 aliphatic carbocycles. The summed E-state index contributed by atoms with van der Waals surface area (Å²) in [5, 5.41) is 9.62. The van der Waals surface area contributed by atoms with Crippen LogP contribution in [0.5, 0.6) is 0 Å². The van der Waals surface area contributed by atoms with E-state index in [0.717, 1.165) is 12.1 Å². The minimum atomic E-state index is -1.27. The molecule has 0 spiro atoms. The van der Waals surface area contributed by atoms with E-state index in [1.54, 1.807) is 24.4 Å². The second kappa shape index (κ2) is 7.13. The molecule has 1 aromatic carbocycles. The van der Waals surface area contributed by atoms with Crippen LogP contribution in [-0.2, 0) is 4.79 Å². The molecule has 0 radical (unpaired) electrons. The molecule has 1 N–H and O–H groups in total. The van der Waals surface area contributed by atoms with Crippen molar-refractivity contribution in [2.45, 2.75) is 19.8 Å². The molecule has 2 rings (SSSR count). The molecule has 0 saturated heterocycles. The van der Waals surface area contributed by atoms with E-state index in [1.807, 2.05) is 13.8 Å². The highest BCUT2D eigenvalue weighted by atomic mass is 19.1. The molecule has 120 valence electrons. The lowest BCUT2D eigenvalue weighted by Gasteiger charge is -2.26. The van der Waals surface area contributed by atoms with Gasteiger partial charge in [-0.25, -0.2) is 4.39 Å². The Labute approximate surface area is 134 Å². The third kappa shape index (κ3) is 3.80. The zero-order chi connectivity index (χ0) is 17.0. The lowest BCUT2D eigenvalue weighted by atomic mass is 9.77. The number of halogens is 1. The largest absolute Gasteiger partial charge is 0.481 e. The molecule has 0 fully saturated rings. The summed E-state index contributed by atoms with van der Waals surface area (Å²) in [7, 11) is 0. The van der Waals surface area contributed by atoms with Gasteiger partial charge < -0.3 is 5.11 Å². The van der Waals surface area contributed by atoms with Gasteiger partial charge in [0.15, 0.2) is 5.78 Å². The SMILES string of the molecule is CC(C)C(c1ccccn1)C(C(=O)O)C(=O)c1ccc(F)cc1. The average molecular weight is 315 g/mol. The van der Waals surface area contributed by atoms with Gasteiger partial charge in [-0.05, 0) is 42.3 Å². The number of rotatable bonds is 6. The van der Waals surface area contributed by atoms with Crippen LogP contribution in [0.25, 0.3) is 0 Å². The summed E-state index contributed by atoms with van der Waals surface area (Å²) in [6, 6.07) is 10.1. The standard InChI is InChI=1S/C18H18FNO3/c1-11(2)15(14-5-3-4-10-20-14)16(18(22)23)17(21)12-6-8-13(19)9-7-12/h3-11,15-16H,1-2H3,(H,22,23). The van der Waals surface area contributed by atoms with Gasteiger partial charge in [0, 0.05) is 23.4 Å². The second-order valence-corrected chi connectivity index (χ2v) is 5.71. The first-order valence-electron chi connectivity index (χ1n) is 7.35. The number of nitrogens with zero attached hydrogens (tertiary/aromatic N) is 1. The van der Waals surface area contributed by atoms with Crippen molar-refractivity contribution in [2.24, 2.45) is 11.8 Å². The molecule has 0 aliphatic heterocycles. The molecule has 0 bridgehead atoms. The Morgan fingerprint density at radius 2 is 1.74 bits per heavy atom. The number of carbonyl (C=O) groups excluding carboxylic acids is 1. The minimum absolute atomic E-state index is 0.101. The zero-order valence-electron chi connectivity index (χ0n) is 12.9. The van der Waals surface area contributed by atoms with Crippen molar-refractivity contribution in [2.75, 3.05) is 0 Å². The maximum Gasteiger partial charge on any atom is 0.315 e. The number of pyridine rings is 1. The average Bonchev–Trinajstić information content (AvgIpc) is 2.52. The van der Waals surface area contributed by atoms with E-state index in [4.69, 9.17) is 0 Å². The first-order valence-corrected chi connectivity index (χ1v) is 7.35. The van der Waals surface area contributed by atoms with Crippen molar-refractivity contribution in [3.05, 3.63) is 65.7 Å². The molecule has 0 amide bonds. The maximum absolute atomic E-state index is 13.0. The van der Waals surface area contributed by atoms with Crippen molar-refractivity contribution in [1.29, 1.82) is 0 Å². The van der Waals surface area contributed by atoms with Crippen molar-refractivity contribution in [3.8, 4) is 0 Å². The van der Waals surface area contributed by atoms with Gasteiger partial charge in [-0.15, -0.1) is 0 Å². The summed E-state index contributed by atoms with van der Waals surface area (Å²) >= 11 is 0. The van der Waals surface area contributed by atoms with Gasteiger partial charge in [0.1, 0.15) is 11.7 Å². The highest BCUT2D eigenvalue weighted by Gasteiger charge is 2.38. The molecule has 23 heavy (non-hydrogen) atoms. The summed E-state index contributed by atoms with van der Waals surface area (Å²) in [5.41, 5.74) is 0.741. The van der Waals surface area contributed by atoms with Crippen LogP contribution in [0.1, 0.15) is 35.8 Å². The molecule has 2 aromatic rings. The van der Waals surface area contributed by atoms with Crippen LogP contribution < -0.4 is 0 Å². The predicted octanol–water partition coefficient (Wildman–Crippen LogP) is 3.54. The zero-order valence-corrected chi connectivity index (χ0v) is 12.9. The Morgan fingerprint density at radius 3 is 2.22 bits per heavy atom. The summed E-state index contributed by atoms with van der Waals surface area (Å²) in [4.78, 5) is 28.7. The van der Waals surface area contributed by atoms with Gasteiger partial charge in [-0.2, -0.15) is 0 Å². The predicted molar refractivity (Wildman–Crippen MR) is 83.7 cm³/mol. The van der Waals surface area contributed by atoms with Crippen molar-refractivity contribution in [3.63, 3.8) is 0 Å². The lowest BCUT2D eigenvalue weighted by Crippen LogP contribution is -2.33. The van der Waals surface area contributed by atoms with Crippen LogP contribution >= 0.6 is 0 Å². The molecular weight excluding hydrogens is 297 g/mol. The number of carboxylic acid groups (broad SMARTS) is 1. The molecule has 5 heteroatoms. The van der Waals surface area contributed by atoms with E-state index >= 15 is 0 Å². The van der Waals surface area contributed by atoms with E-state index in [0.29, 0.717) is 5.69 Å². The van der Waals surface area contributed by atoms with Gasteiger partial charge >= 0.3 is 5.97 Å². The Bertz CT molecular complexity index is 683. The number of aromatic nitrogens is 1. The van der Waals surface area contributed by atoms with E-state index in [9.17, 15) is 19.1 Å². The first kappa shape index (κ1) is 16.8. The van der Waals surface area contributed by atoms with Crippen LogP contribution in [0.15, 0.2) is 48.7 Å². The van der Waals surface area contributed by atoms with Crippen LogP contribution in [0.2, 0.25) is 0 Å². The Balaban J connectivity index is 2.44. The smallest absolute Gasteiger partial charge is 0.315 e. The number of hydrogen-bond acceptors (Lipinski definition) is 3. The van der Waals surface area contributed by atoms with Crippen LogP contribution in [-0.4, -0.2) is 21.8 Å². The Morgan fingerprint density at radius 1 is 1.09 bits per heavy atom. The third-order valence-corrected chi connectivity index (χ3v) is 3.78. The lowest BCUT2D eigenvalue weighted by molar-refractivity contribution is -0.141. The maximum atomic E-state index is 13.0. The molecule has 2 atom stereocenters. The van der Waals surface area contributed by atoms with Crippen LogP contribution in [0.4, 0.5) is 4.39 Å². The molecular formula is C18H18FNO3. The van der Waals surface area contributed by atoms with Gasteiger partial charge in [0.05, 0.1) is 0 Å². The van der Waals surface area contributed by atoms with E-state index < -0.39 is 29.4 Å².